The summed E-state index contributed by atoms with van der Waals surface area (Å²) in [5, 5.41) is 14.4. The number of non-ortho nitro benzene ring substituents is 1. The minimum atomic E-state index is -3.42. The van der Waals surface area contributed by atoms with Gasteiger partial charge in [-0.3, -0.25) is 19.7 Å². The smallest absolute Gasteiger partial charge is 0.271 e. The molecule has 0 radical (unpaired) electrons. The number of nitrogens with zero attached hydrogens (tertiary/aromatic N) is 1. The summed E-state index contributed by atoms with van der Waals surface area (Å²) in [5.74, 6) is -3.06. The van der Waals surface area contributed by atoms with Gasteiger partial charge in [0.15, 0.2) is 19.7 Å². The van der Waals surface area contributed by atoms with E-state index in [-0.39, 0.29) is 34.1 Å². The van der Waals surface area contributed by atoms with E-state index < -0.39 is 64.9 Å². The first-order valence-electron chi connectivity index (χ1n) is 8.86. The standard InChI is InChI=1S/C16H17Cl2N3O8S2/c17-11-4-30(26,27)6-13(11)19-15(22)8-1-9(3-10(2-8)21(24)25)16(23)20-14-7-31(28,29)5-12(14)18/h1-3,11-14H,4-7H2,(H,19,22)(H,20,23)/t11-,12-,13+,14+/m0/s1. The predicted octanol–water partition coefficient (Wildman–Crippen LogP) is -0.137. The normalized spacial score (nSPS) is 28.7. The van der Waals surface area contributed by atoms with Crippen molar-refractivity contribution in [2.75, 3.05) is 23.0 Å². The zero-order valence-electron chi connectivity index (χ0n) is 15.7. The fraction of sp³-hybridized carbons (Fsp3) is 0.500. The summed E-state index contributed by atoms with van der Waals surface area (Å²) in [5.41, 5.74) is -1.07. The van der Waals surface area contributed by atoms with E-state index in [0.29, 0.717) is 0 Å². The van der Waals surface area contributed by atoms with Crippen LogP contribution in [0.1, 0.15) is 20.7 Å². The van der Waals surface area contributed by atoms with Crippen LogP contribution < -0.4 is 10.6 Å². The van der Waals surface area contributed by atoms with Crippen molar-refractivity contribution in [3.05, 3.63) is 39.4 Å². The van der Waals surface area contributed by atoms with Crippen molar-refractivity contribution in [3.63, 3.8) is 0 Å². The molecule has 3 rings (SSSR count). The van der Waals surface area contributed by atoms with Crippen LogP contribution in [0.4, 0.5) is 5.69 Å². The minimum absolute atomic E-state index is 0.256. The van der Waals surface area contributed by atoms with Crippen molar-refractivity contribution < 1.29 is 31.3 Å². The van der Waals surface area contributed by atoms with E-state index in [1.54, 1.807) is 0 Å². The molecule has 2 saturated heterocycles. The lowest BCUT2D eigenvalue weighted by Crippen LogP contribution is -2.41. The average Bonchev–Trinajstić information content (AvgIpc) is 3.06. The molecule has 0 aromatic heterocycles. The predicted molar refractivity (Wildman–Crippen MR) is 112 cm³/mol. The van der Waals surface area contributed by atoms with Gasteiger partial charge in [0.05, 0.1) is 50.8 Å². The Hall–Kier alpha value is -1.96. The molecule has 15 heteroatoms. The van der Waals surface area contributed by atoms with Crippen LogP contribution in [-0.4, -0.2) is 79.4 Å². The van der Waals surface area contributed by atoms with Gasteiger partial charge in [-0.1, -0.05) is 0 Å². The van der Waals surface area contributed by atoms with Crippen LogP contribution in [0.5, 0.6) is 0 Å². The maximum Gasteiger partial charge on any atom is 0.271 e. The van der Waals surface area contributed by atoms with Gasteiger partial charge in [0.25, 0.3) is 17.5 Å². The fourth-order valence-corrected chi connectivity index (χ4v) is 8.46. The Morgan fingerprint density at radius 3 is 1.52 bits per heavy atom. The summed E-state index contributed by atoms with van der Waals surface area (Å²) < 4.78 is 46.6. The van der Waals surface area contributed by atoms with E-state index in [0.717, 1.165) is 18.2 Å². The number of nitrogens with one attached hydrogen (secondary N) is 2. The van der Waals surface area contributed by atoms with Crippen molar-refractivity contribution in [3.8, 4) is 0 Å². The van der Waals surface area contributed by atoms with Gasteiger partial charge in [-0.25, -0.2) is 16.8 Å². The molecule has 2 amide bonds. The Balaban J connectivity index is 1.83. The molecule has 0 spiro atoms. The van der Waals surface area contributed by atoms with Crippen LogP contribution in [0.15, 0.2) is 18.2 Å². The van der Waals surface area contributed by atoms with Crippen LogP contribution in [0.3, 0.4) is 0 Å². The number of hydrogen-bond donors (Lipinski definition) is 2. The zero-order valence-corrected chi connectivity index (χ0v) is 18.8. The first-order chi connectivity index (χ1) is 14.3. The first-order valence-corrected chi connectivity index (χ1v) is 13.4. The second-order valence-electron chi connectivity index (χ2n) is 7.37. The molecular weight excluding hydrogens is 497 g/mol. The van der Waals surface area contributed by atoms with Gasteiger partial charge in [-0.2, -0.15) is 0 Å². The summed E-state index contributed by atoms with van der Waals surface area (Å²) in [6, 6.07) is 1.16. The summed E-state index contributed by atoms with van der Waals surface area (Å²) in [4.78, 5) is 35.6. The molecule has 0 unspecified atom stereocenters. The maximum atomic E-state index is 12.6. The molecule has 2 aliphatic rings. The lowest BCUT2D eigenvalue weighted by atomic mass is 10.1. The van der Waals surface area contributed by atoms with Crippen molar-refractivity contribution in [1.29, 1.82) is 0 Å². The van der Waals surface area contributed by atoms with Crippen molar-refractivity contribution >= 4 is 60.4 Å². The van der Waals surface area contributed by atoms with Crippen LogP contribution in [0.2, 0.25) is 0 Å². The average molecular weight is 514 g/mol. The summed E-state index contributed by atoms with van der Waals surface area (Å²) in [6.07, 6.45) is 0. The molecule has 1 aromatic rings. The minimum Gasteiger partial charge on any atom is -0.347 e. The van der Waals surface area contributed by atoms with Crippen LogP contribution in [-0.2, 0) is 19.7 Å². The van der Waals surface area contributed by atoms with Crippen molar-refractivity contribution in [1.82, 2.24) is 10.6 Å². The molecule has 2 heterocycles. The number of hydrogen-bond acceptors (Lipinski definition) is 8. The highest BCUT2D eigenvalue weighted by molar-refractivity contribution is 7.92. The molecule has 4 atom stereocenters. The third-order valence-electron chi connectivity index (χ3n) is 4.85. The largest absolute Gasteiger partial charge is 0.347 e. The third kappa shape index (κ3) is 5.64. The fourth-order valence-electron chi connectivity index (χ4n) is 3.36. The number of halogens is 2. The Morgan fingerprint density at radius 2 is 1.23 bits per heavy atom. The highest BCUT2D eigenvalue weighted by Gasteiger charge is 2.39. The van der Waals surface area contributed by atoms with Gasteiger partial charge in [0, 0.05) is 23.3 Å². The van der Waals surface area contributed by atoms with Gasteiger partial charge in [0.2, 0.25) is 0 Å². The molecule has 2 fully saturated rings. The molecule has 2 N–H and O–H groups in total. The quantitative estimate of drug-likeness (QED) is 0.311. The third-order valence-corrected chi connectivity index (χ3v) is 9.60. The summed E-state index contributed by atoms with van der Waals surface area (Å²) in [6.45, 7) is 0. The summed E-state index contributed by atoms with van der Waals surface area (Å²) in [7, 11) is -6.85. The number of rotatable bonds is 5. The van der Waals surface area contributed by atoms with Gasteiger partial charge in [-0.15, -0.1) is 23.2 Å². The second kappa shape index (κ2) is 8.52. The van der Waals surface area contributed by atoms with Gasteiger partial charge in [-0.05, 0) is 6.07 Å². The number of carbonyl (C=O) groups is 2. The molecule has 11 nitrogen and oxygen atoms in total. The lowest BCUT2D eigenvalue weighted by molar-refractivity contribution is -0.384. The Labute approximate surface area is 187 Å². The van der Waals surface area contributed by atoms with Crippen LogP contribution in [0.25, 0.3) is 0 Å². The van der Waals surface area contributed by atoms with E-state index >= 15 is 0 Å². The number of amides is 2. The number of nitro benzene ring substituents is 1. The van der Waals surface area contributed by atoms with E-state index in [1.165, 1.54) is 0 Å². The second-order valence-corrected chi connectivity index (χ2v) is 12.8. The van der Waals surface area contributed by atoms with Crippen LogP contribution >= 0.6 is 23.2 Å². The topological polar surface area (TPSA) is 170 Å². The molecule has 0 saturated carbocycles. The molecule has 170 valence electrons. The van der Waals surface area contributed by atoms with Gasteiger partial charge >= 0.3 is 0 Å². The van der Waals surface area contributed by atoms with Crippen LogP contribution in [0, 0.1) is 10.1 Å². The van der Waals surface area contributed by atoms with E-state index in [4.69, 9.17) is 23.2 Å². The van der Waals surface area contributed by atoms with Crippen molar-refractivity contribution in [2.24, 2.45) is 0 Å². The number of alkyl halides is 2. The van der Waals surface area contributed by atoms with E-state index in [9.17, 15) is 36.5 Å². The zero-order chi connectivity index (χ0) is 23.1. The highest BCUT2D eigenvalue weighted by atomic mass is 35.5. The molecular formula is C16H17Cl2N3O8S2. The van der Waals surface area contributed by atoms with Gasteiger partial charge < -0.3 is 10.6 Å². The highest BCUT2D eigenvalue weighted by Crippen LogP contribution is 2.22. The number of nitro groups is 1. The Kier molecular flexibility index (Phi) is 6.52. The lowest BCUT2D eigenvalue weighted by Gasteiger charge is -2.16. The van der Waals surface area contributed by atoms with E-state index in [1.807, 2.05) is 0 Å². The molecule has 2 aliphatic heterocycles. The maximum absolute atomic E-state index is 12.6. The number of carbonyl (C=O) groups excluding carboxylic acids is 2. The Bertz CT molecular complexity index is 1080. The monoisotopic (exact) mass is 513 g/mol. The van der Waals surface area contributed by atoms with Crippen molar-refractivity contribution in [2.45, 2.75) is 22.8 Å². The molecule has 0 bridgehead atoms. The summed E-state index contributed by atoms with van der Waals surface area (Å²) >= 11 is 11.9. The van der Waals surface area contributed by atoms with Gasteiger partial charge in [0.1, 0.15) is 0 Å². The van der Waals surface area contributed by atoms with E-state index in [2.05, 4.69) is 10.6 Å². The number of benzene rings is 1. The molecule has 0 aliphatic carbocycles. The SMILES string of the molecule is O=C(N[C@@H]1CS(=O)(=O)C[C@@H]1Cl)c1cc(C(=O)N[C@@H]2CS(=O)(=O)C[C@@H]2Cl)cc([N+](=O)[O-])c1. The number of sulfone groups is 2. The first kappa shape index (κ1) is 23.7. The Morgan fingerprint density at radius 1 is 0.839 bits per heavy atom. The molecule has 1 aromatic carbocycles. The molecule has 31 heavy (non-hydrogen) atoms.